The lowest BCUT2D eigenvalue weighted by molar-refractivity contribution is 0.0703. The summed E-state index contributed by atoms with van der Waals surface area (Å²) in [6.07, 6.45) is 0.884. The molecule has 0 amide bonds. The number of thiophene rings is 1. The number of morpholine rings is 1. The van der Waals surface area contributed by atoms with E-state index < -0.39 is 10.2 Å². The van der Waals surface area contributed by atoms with Crippen molar-refractivity contribution in [2.75, 3.05) is 45.1 Å². The fraction of sp³-hybridized carbons (Fsp3) is 0.692. The van der Waals surface area contributed by atoms with Crippen molar-refractivity contribution in [3.8, 4) is 0 Å². The van der Waals surface area contributed by atoms with Crippen LogP contribution in [0.15, 0.2) is 17.5 Å². The second-order valence-corrected chi connectivity index (χ2v) is 9.30. The maximum atomic E-state index is 12.7. The van der Waals surface area contributed by atoms with E-state index in [1.54, 1.807) is 19.9 Å². The van der Waals surface area contributed by atoms with E-state index in [0.29, 0.717) is 44.6 Å². The van der Waals surface area contributed by atoms with Crippen LogP contribution >= 0.6 is 23.1 Å². The van der Waals surface area contributed by atoms with E-state index in [-0.39, 0.29) is 0 Å². The third-order valence-electron chi connectivity index (χ3n) is 3.78. The number of rotatable bonds is 3. The zero-order chi connectivity index (χ0) is 14.7. The molecule has 0 saturated carbocycles. The first kappa shape index (κ1) is 15.8. The Morgan fingerprint density at radius 2 is 1.90 bits per heavy atom. The predicted octanol–water partition coefficient (Wildman–Crippen LogP) is 1.81. The Kier molecular flexibility index (Phi) is 5.23. The van der Waals surface area contributed by atoms with Crippen LogP contribution in [0.5, 0.6) is 0 Å². The van der Waals surface area contributed by atoms with E-state index >= 15 is 0 Å². The van der Waals surface area contributed by atoms with E-state index in [4.69, 9.17) is 4.74 Å². The van der Waals surface area contributed by atoms with Crippen molar-refractivity contribution < 1.29 is 13.2 Å². The van der Waals surface area contributed by atoms with Crippen molar-refractivity contribution in [2.45, 2.75) is 11.7 Å². The van der Waals surface area contributed by atoms with Crippen LogP contribution in [0.4, 0.5) is 0 Å². The number of hydrogen-bond donors (Lipinski definition) is 0. The van der Waals surface area contributed by atoms with Crippen LogP contribution in [-0.4, -0.2) is 62.2 Å². The highest BCUT2D eigenvalue weighted by atomic mass is 32.2. The van der Waals surface area contributed by atoms with E-state index in [1.165, 1.54) is 4.88 Å². The molecular formula is C13H20N2O3S3. The SMILES string of the molecule is O=S(=O)(N1CCOCC1)N1CCSC(c2cccs2)CC1. The quantitative estimate of drug-likeness (QED) is 0.836. The fourth-order valence-corrected chi connectivity index (χ4v) is 6.57. The highest BCUT2D eigenvalue weighted by molar-refractivity contribution is 7.99. The van der Waals surface area contributed by atoms with Gasteiger partial charge in [0.2, 0.25) is 0 Å². The molecule has 2 aliphatic heterocycles. The zero-order valence-corrected chi connectivity index (χ0v) is 14.3. The zero-order valence-electron chi connectivity index (χ0n) is 11.8. The minimum Gasteiger partial charge on any atom is -0.379 e. The van der Waals surface area contributed by atoms with Gasteiger partial charge >= 0.3 is 0 Å². The molecule has 21 heavy (non-hydrogen) atoms. The van der Waals surface area contributed by atoms with Crippen LogP contribution in [0, 0.1) is 0 Å². The molecule has 118 valence electrons. The second-order valence-electron chi connectivity index (χ2n) is 5.08. The molecule has 1 unspecified atom stereocenters. The van der Waals surface area contributed by atoms with Crippen molar-refractivity contribution in [3.05, 3.63) is 22.4 Å². The fourth-order valence-electron chi connectivity index (χ4n) is 2.62. The first-order chi connectivity index (χ1) is 10.2. The van der Waals surface area contributed by atoms with Crippen LogP contribution in [-0.2, 0) is 14.9 Å². The average molecular weight is 349 g/mol. The van der Waals surface area contributed by atoms with Gasteiger partial charge in [-0.05, 0) is 17.9 Å². The molecule has 0 aromatic carbocycles. The van der Waals surface area contributed by atoms with E-state index in [0.717, 1.165) is 12.2 Å². The van der Waals surface area contributed by atoms with Crippen molar-refractivity contribution >= 4 is 33.3 Å². The van der Waals surface area contributed by atoms with Gasteiger partial charge in [-0.15, -0.1) is 11.3 Å². The van der Waals surface area contributed by atoms with Gasteiger partial charge in [0, 0.05) is 42.1 Å². The molecule has 0 radical (unpaired) electrons. The maximum Gasteiger partial charge on any atom is 0.282 e. The van der Waals surface area contributed by atoms with Gasteiger partial charge in [0.1, 0.15) is 0 Å². The Hall–Kier alpha value is -0.120. The van der Waals surface area contributed by atoms with Gasteiger partial charge in [0.25, 0.3) is 10.2 Å². The topological polar surface area (TPSA) is 49.9 Å². The molecular weight excluding hydrogens is 328 g/mol. The highest BCUT2D eigenvalue weighted by Crippen LogP contribution is 2.37. The molecule has 1 aromatic heterocycles. The summed E-state index contributed by atoms with van der Waals surface area (Å²) in [5.74, 6) is 0.853. The Bertz CT molecular complexity index is 541. The summed E-state index contributed by atoms with van der Waals surface area (Å²) in [5.41, 5.74) is 0. The highest BCUT2D eigenvalue weighted by Gasteiger charge is 2.32. The molecule has 2 fully saturated rings. The van der Waals surface area contributed by atoms with E-state index in [2.05, 4.69) is 17.5 Å². The number of thioether (sulfide) groups is 1. The van der Waals surface area contributed by atoms with Crippen LogP contribution in [0.3, 0.4) is 0 Å². The van der Waals surface area contributed by atoms with Gasteiger partial charge in [-0.1, -0.05) is 6.07 Å². The lowest BCUT2D eigenvalue weighted by Gasteiger charge is -2.31. The normalized spacial score (nSPS) is 26.6. The summed E-state index contributed by atoms with van der Waals surface area (Å²) in [6.45, 7) is 3.15. The number of ether oxygens (including phenoxy) is 1. The van der Waals surface area contributed by atoms with Crippen molar-refractivity contribution in [2.24, 2.45) is 0 Å². The van der Waals surface area contributed by atoms with Gasteiger partial charge < -0.3 is 4.74 Å². The molecule has 3 heterocycles. The monoisotopic (exact) mass is 348 g/mol. The molecule has 1 aromatic rings. The first-order valence-electron chi connectivity index (χ1n) is 7.16. The molecule has 2 aliphatic rings. The molecule has 5 nitrogen and oxygen atoms in total. The third kappa shape index (κ3) is 3.62. The Labute approximate surface area is 134 Å². The predicted molar refractivity (Wildman–Crippen MR) is 87.0 cm³/mol. The second kappa shape index (κ2) is 6.97. The van der Waals surface area contributed by atoms with Gasteiger partial charge in [-0.2, -0.15) is 28.8 Å². The average Bonchev–Trinajstić information content (AvgIpc) is 2.92. The summed E-state index contributed by atoms with van der Waals surface area (Å²) < 4.78 is 33.8. The van der Waals surface area contributed by atoms with Gasteiger partial charge in [0.15, 0.2) is 0 Å². The lowest BCUT2D eigenvalue weighted by atomic mass is 10.2. The molecule has 0 aliphatic carbocycles. The van der Waals surface area contributed by atoms with E-state index in [9.17, 15) is 8.42 Å². The Morgan fingerprint density at radius 1 is 1.14 bits per heavy atom. The van der Waals surface area contributed by atoms with Crippen molar-refractivity contribution in [1.82, 2.24) is 8.61 Å². The largest absolute Gasteiger partial charge is 0.379 e. The smallest absolute Gasteiger partial charge is 0.282 e. The minimum atomic E-state index is -3.32. The summed E-state index contributed by atoms with van der Waals surface area (Å²) in [4.78, 5) is 1.35. The van der Waals surface area contributed by atoms with Gasteiger partial charge in [-0.3, -0.25) is 0 Å². The van der Waals surface area contributed by atoms with Crippen LogP contribution in [0.1, 0.15) is 16.5 Å². The third-order valence-corrected chi connectivity index (χ3v) is 8.26. The van der Waals surface area contributed by atoms with Crippen molar-refractivity contribution in [1.29, 1.82) is 0 Å². The summed E-state index contributed by atoms with van der Waals surface area (Å²) in [7, 11) is -3.32. The van der Waals surface area contributed by atoms with Crippen molar-refractivity contribution in [3.63, 3.8) is 0 Å². The summed E-state index contributed by atoms with van der Waals surface area (Å²) in [5, 5.41) is 2.51. The molecule has 0 bridgehead atoms. The lowest BCUT2D eigenvalue weighted by Crippen LogP contribution is -2.49. The molecule has 0 N–H and O–H groups in total. The Balaban J connectivity index is 1.66. The van der Waals surface area contributed by atoms with Gasteiger partial charge in [-0.25, -0.2) is 0 Å². The van der Waals surface area contributed by atoms with Crippen LogP contribution < -0.4 is 0 Å². The Morgan fingerprint density at radius 3 is 2.62 bits per heavy atom. The number of nitrogens with zero attached hydrogens (tertiary/aromatic N) is 2. The van der Waals surface area contributed by atoms with Gasteiger partial charge in [0.05, 0.1) is 13.2 Å². The first-order valence-corrected chi connectivity index (χ1v) is 10.5. The maximum absolute atomic E-state index is 12.7. The van der Waals surface area contributed by atoms with E-state index in [1.807, 2.05) is 11.8 Å². The summed E-state index contributed by atoms with van der Waals surface area (Å²) in [6, 6.07) is 4.21. The van der Waals surface area contributed by atoms with Crippen LogP contribution in [0.2, 0.25) is 0 Å². The molecule has 0 spiro atoms. The number of hydrogen-bond acceptors (Lipinski definition) is 5. The molecule has 2 saturated heterocycles. The minimum absolute atomic E-state index is 0.426. The molecule has 3 rings (SSSR count). The molecule has 8 heteroatoms. The van der Waals surface area contributed by atoms with Crippen LogP contribution in [0.25, 0.3) is 0 Å². The standard InChI is InChI=1S/C13H20N2O3S3/c16-21(17,15-5-8-18-9-6-15)14-4-3-13(20-11-7-14)12-2-1-10-19-12/h1-2,10,13H,3-9,11H2. The summed E-state index contributed by atoms with van der Waals surface area (Å²) >= 11 is 3.63. The molecule has 1 atom stereocenters.